The molecule has 0 atom stereocenters. The second kappa shape index (κ2) is 9.02. The molecule has 2 aromatic rings. The van der Waals surface area contributed by atoms with Gasteiger partial charge in [0.15, 0.2) is 11.5 Å². The molecule has 0 radical (unpaired) electrons. The SMILES string of the molecule is O=S(=O)(CCCOc1ccc2c(c1)OCO2)N1CCN(Cc2ccccc2)CC1. The third-order valence-electron chi connectivity index (χ3n) is 5.13. The van der Waals surface area contributed by atoms with Crippen LogP contribution in [-0.4, -0.2) is 63.0 Å². The lowest BCUT2D eigenvalue weighted by atomic mass is 10.2. The first-order valence-corrected chi connectivity index (χ1v) is 11.5. The van der Waals surface area contributed by atoms with Crippen LogP contribution in [0.15, 0.2) is 48.5 Å². The normalized spacial score (nSPS) is 17.4. The highest BCUT2D eigenvalue weighted by Crippen LogP contribution is 2.35. The van der Waals surface area contributed by atoms with Crippen molar-refractivity contribution in [3.63, 3.8) is 0 Å². The minimum absolute atomic E-state index is 0.0935. The zero-order valence-corrected chi connectivity index (χ0v) is 17.1. The Morgan fingerprint density at radius 3 is 2.48 bits per heavy atom. The molecule has 2 aliphatic rings. The van der Waals surface area contributed by atoms with Gasteiger partial charge in [-0.05, 0) is 24.1 Å². The molecular formula is C21H26N2O5S. The fourth-order valence-corrected chi connectivity index (χ4v) is 5.00. The van der Waals surface area contributed by atoms with Gasteiger partial charge in [0.1, 0.15) is 5.75 Å². The van der Waals surface area contributed by atoms with Crippen molar-refractivity contribution in [2.45, 2.75) is 13.0 Å². The lowest BCUT2D eigenvalue weighted by molar-refractivity contribution is 0.173. The first-order chi connectivity index (χ1) is 14.1. The quantitative estimate of drug-likeness (QED) is 0.613. The van der Waals surface area contributed by atoms with Gasteiger partial charge in [0.25, 0.3) is 0 Å². The zero-order valence-electron chi connectivity index (χ0n) is 16.3. The Morgan fingerprint density at radius 2 is 1.69 bits per heavy atom. The van der Waals surface area contributed by atoms with E-state index >= 15 is 0 Å². The molecule has 2 aromatic carbocycles. The monoisotopic (exact) mass is 418 g/mol. The van der Waals surface area contributed by atoms with E-state index in [1.54, 1.807) is 22.5 Å². The minimum atomic E-state index is -3.26. The Kier molecular flexibility index (Phi) is 6.22. The van der Waals surface area contributed by atoms with Crippen LogP contribution in [-0.2, 0) is 16.6 Å². The Hall–Kier alpha value is -2.29. The molecule has 0 bridgehead atoms. The molecule has 156 valence electrons. The van der Waals surface area contributed by atoms with E-state index in [4.69, 9.17) is 14.2 Å². The Balaban J connectivity index is 1.19. The summed E-state index contributed by atoms with van der Waals surface area (Å²) in [6.07, 6.45) is 0.445. The number of fused-ring (bicyclic) bond motifs is 1. The predicted molar refractivity (Wildman–Crippen MR) is 110 cm³/mol. The van der Waals surface area contributed by atoms with E-state index in [9.17, 15) is 8.42 Å². The lowest BCUT2D eigenvalue weighted by Gasteiger charge is -2.34. The van der Waals surface area contributed by atoms with E-state index in [1.807, 2.05) is 18.2 Å². The lowest BCUT2D eigenvalue weighted by Crippen LogP contribution is -2.48. The van der Waals surface area contributed by atoms with Gasteiger partial charge in [-0.25, -0.2) is 8.42 Å². The van der Waals surface area contributed by atoms with Gasteiger partial charge in [0.05, 0.1) is 12.4 Å². The van der Waals surface area contributed by atoms with Crippen LogP contribution in [0.4, 0.5) is 0 Å². The summed E-state index contributed by atoms with van der Waals surface area (Å²) in [5.74, 6) is 2.10. The van der Waals surface area contributed by atoms with Crippen molar-refractivity contribution in [1.29, 1.82) is 0 Å². The maximum atomic E-state index is 12.6. The first-order valence-electron chi connectivity index (χ1n) is 9.87. The second-order valence-corrected chi connectivity index (χ2v) is 9.28. The summed E-state index contributed by atoms with van der Waals surface area (Å²) in [5, 5.41) is 0. The topological polar surface area (TPSA) is 68.3 Å². The fourth-order valence-electron chi connectivity index (χ4n) is 3.53. The molecule has 0 aromatic heterocycles. The van der Waals surface area contributed by atoms with Gasteiger partial charge in [0.2, 0.25) is 16.8 Å². The van der Waals surface area contributed by atoms with Crippen molar-refractivity contribution in [2.24, 2.45) is 0 Å². The number of rotatable bonds is 8. The van der Waals surface area contributed by atoms with E-state index in [-0.39, 0.29) is 12.5 Å². The van der Waals surface area contributed by atoms with Crippen molar-refractivity contribution in [3.05, 3.63) is 54.1 Å². The highest BCUT2D eigenvalue weighted by molar-refractivity contribution is 7.89. The molecule has 0 amide bonds. The van der Waals surface area contributed by atoms with Crippen LogP contribution >= 0.6 is 0 Å². The molecule has 0 saturated carbocycles. The largest absolute Gasteiger partial charge is 0.493 e. The van der Waals surface area contributed by atoms with Crippen molar-refractivity contribution in [2.75, 3.05) is 45.3 Å². The number of nitrogens with zero attached hydrogens (tertiary/aromatic N) is 2. The van der Waals surface area contributed by atoms with Gasteiger partial charge in [0, 0.05) is 38.8 Å². The summed E-state index contributed by atoms with van der Waals surface area (Å²) in [5.41, 5.74) is 1.25. The second-order valence-electron chi connectivity index (χ2n) is 7.19. The number of ether oxygens (including phenoxy) is 3. The van der Waals surface area contributed by atoms with Crippen LogP contribution in [0.1, 0.15) is 12.0 Å². The molecule has 0 aliphatic carbocycles. The fraction of sp³-hybridized carbons (Fsp3) is 0.429. The van der Waals surface area contributed by atoms with E-state index in [0.717, 1.165) is 19.6 Å². The third-order valence-corrected chi connectivity index (χ3v) is 7.09. The van der Waals surface area contributed by atoms with Gasteiger partial charge < -0.3 is 14.2 Å². The molecule has 0 unspecified atom stereocenters. The molecule has 0 N–H and O–H groups in total. The van der Waals surface area contributed by atoms with Crippen LogP contribution in [0.25, 0.3) is 0 Å². The molecule has 1 fully saturated rings. The molecule has 7 nitrogen and oxygen atoms in total. The van der Waals surface area contributed by atoms with Gasteiger partial charge in [-0.3, -0.25) is 4.90 Å². The Morgan fingerprint density at radius 1 is 0.931 bits per heavy atom. The van der Waals surface area contributed by atoms with Crippen LogP contribution in [0.3, 0.4) is 0 Å². The van der Waals surface area contributed by atoms with Gasteiger partial charge >= 0.3 is 0 Å². The number of hydrogen-bond donors (Lipinski definition) is 0. The smallest absolute Gasteiger partial charge is 0.231 e. The summed E-state index contributed by atoms with van der Waals surface area (Å²) in [6.45, 7) is 4.00. The molecule has 8 heteroatoms. The number of sulfonamides is 1. The standard InChI is InChI=1S/C21H26N2O5S/c24-29(25,14-4-13-26-19-7-8-20-21(15-19)28-17-27-20)23-11-9-22(10-12-23)16-18-5-2-1-3-6-18/h1-3,5-8,15H,4,9-14,16-17H2. The van der Waals surface area contributed by atoms with Crippen molar-refractivity contribution >= 4 is 10.0 Å². The highest BCUT2D eigenvalue weighted by atomic mass is 32.2. The Labute approximate surface area is 171 Å². The van der Waals surface area contributed by atoms with Crippen LogP contribution < -0.4 is 14.2 Å². The van der Waals surface area contributed by atoms with Gasteiger partial charge in [-0.1, -0.05) is 30.3 Å². The third kappa shape index (κ3) is 5.20. The number of hydrogen-bond acceptors (Lipinski definition) is 6. The van der Waals surface area contributed by atoms with Crippen LogP contribution in [0.2, 0.25) is 0 Å². The summed E-state index contributed by atoms with van der Waals surface area (Å²) in [6, 6.07) is 15.6. The average molecular weight is 419 g/mol. The first kappa shape index (κ1) is 20.0. The van der Waals surface area contributed by atoms with Crippen LogP contribution in [0.5, 0.6) is 17.2 Å². The molecule has 0 spiro atoms. The molecule has 1 saturated heterocycles. The predicted octanol–water partition coefficient (Wildman–Crippen LogP) is 2.33. The van der Waals surface area contributed by atoms with Crippen molar-refractivity contribution in [3.8, 4) is 17.2 Å². The van der Waals surface area contributed by atoms with Crippen LogP contribution in [0, 0.1) is 0 Å². The van der Waals surface area contributed by atoms with Gasteiger partial charge in [-0.15, -0.1) is 0 Å². The summed E-state index contributed by atoms with van der Waals surface area (Å²) in [7, 11) is -3.26. The van der Waals surface area contributed by atoms with E-state index in [1.165, 1.54) is 5.56 Å². The molecule has 29 heavy (non-hydrogen) atoms. The molecular weight excluding hydrogens is 392 g/mol. The highest BCUT2D eigenvalue weighted by Gasteiger charge is 2.26. The average Bonchev–Trinajstić information content (AvgIpc) is 3.20. The number of benzene rings is 2. The van der Waals surface area contributed by atoms with E-state index in [2.05, 4.69) is 17.0 Å². The summed E-state index contributed by atoms with van der Waals surface area (Å²) < 4.78 is 43.1. The minimum Gasteiger partial charge on any atom is -0.493 e. The van der Waals surface area contributed by atoms with E-state index in [0.29, 0.717) is 43.4 Å². The Bertz CT molecular complexity index is 912. The summed E-state index contributed by atoms with van der Waals surface area (Å²) in [4.78, 5) is 2.30. The molecule has 2 aliphatic heterocycles. The molecule has 4 rings (SSSR count). The van der Waals surface area contributed by atoms with Crippen molar-refractivity contribution in [1.82, 2.24) is 9.21 Å². The van der Waals surface area contributed by atoms with Crippen molar-refractivity contribution < 1.29 is 22.6 Å². The maximum absolute atomic E-state index is 12.6. The maximum Gasteiger partial charge on any atom is 0.231 e. The zero-order chi connectivity index (χ0) is 20.1. The number of piperazine rings is 1. The van der Waals surface area contributed by atoms with Gasteiger partial charge in [-0.2, -0.15) is 4.31 Å². The summed E-state index contributed by atoms with van der Waals surface area (Å²) >= 11 is 0. The van der Waals surface area contributed by atoms with E-state index < -0.39 is 10.0 Å². The molecule has 2 heterocycles.